The lowest BCUT2D eigenvalue weighted by Gasteiger charge is -2.45. The zero-order chi connectivity index (χ0) is 14.2. The highest BCUT2D eigenvalue weighted by atomic mass is 19.1. The Morgan fingerprint density at radius 3 is 3.05 bits per heavy atom. The van der Waals surface area contributed by atoms with E-state index in [2.05, 4.69) is 6.92 Å². The van der Waals surface area contributed by atoms with Crippen molar-refractivity contribution in [3.8, 4) is 5.75 Å². The van der Waals surface area contributed by atoms with Crippen molar-refractivity contribution in [1.29, 1.82) is 0 Å². The van der Waals surface area contributed by atoms with E-state index in [9.17, 15) is 9.50 Å². The highest BCUT2D eigenvalue weighted by molar-refractivity contribution is 5.38. The number of hydrogen-bond donors (Lipinski definition) is 1. The van der Waals surface area contributed by atoms with E-state index in [1.807, 2.05) is 0 Å². The van der Waals surface area contributed by atoms with E-state index < -0.39 is 6.10 Å². The van der Waals surface area contributed by atoms with Crippen molar-refractivity contribution in [2.45, 2.75) is 56.8 Å². The first-order valence-corrected chi connectivity index (χ1v) is 7.40. The van der Waals surface area contributed by atoms with Crippen molar-refractivity contribution in [2.24, 2.45) is 0 Å². The van der Waals surface area contributed by atoms with E-state index in [4.69, 9.17) is 9.47 Å². The number of hydrogen-bond acceptors (Lipinski definition) is 3. The van der Waals surface area contributed by atoms with Crippen LogP contribution in [0.1, 0.15) is 50.7 Å². The summed E-state index contributed by atoms with van der Waals surface area (Å²) in [4.78, 5) is 0. The molecule has 0 radical (unpaired) electrons. The van der Waals surface area contributed by atoms with E-state index in [0.717, 1.165) is 25.7 Å². The molecule has 2 heterocycles. The van der Waals surface area contributed by atoms with Gasteiger partial charge in [-0.3, -0.25) is 0 Å². The van der Waals surface area contributed by atoms with Crippen molar-refractivity contribution in [3.05, 3.63) is 29.6 Å². The van der Waals surface area contributed by atoms with Crippen LogP contribution in [0.4, 0.5) is 4.39 Å². The molecule has 1 aromatic carbocycles. The Labute approximate surface area is 118 Å². The van der Waals surface area contributed by atoms with Gasteiger partial charge in [0.2, 0.25) is 0 Å². The Hall–Kier alpha value is -1.13. The number of rotatable bonds is 2. The molecule has 0 saturated carbocycles. The van der Waals surface area contributed by atoms with Crippen LogP contribution in [-0.2, 0) is 4.74 Å². The maximum absolute atomic E-state index is 13.3. The first kappa shape index (κ1) is 13.8. The Bertz CT molecular complexity index is 489. The SMILES string of the molecule is CCCC1CC2(CCO1)C[C@@H](O)c1cc(F)ccc1O2. The van der Waals surface area contributed by atoms with Crippen molar-refractivity contribution in [1.82, 2.24) is 0 Å². The maximum Gasteiger partial charge on any atom is 0.126 e. The topological polar surface area (TPSA) is 38.7 Å². The number of halogens is 1. The minimum Gasteiger partial charge on any atom is -0.487 e. The van der Waals surface area contributed by atoms with Crippen LogP contribution in [0.25, 0.3) is 0 Å². The molecule has 3 atom stereocenters. The van der Waals surface area contributed by atoms with E-state index in [1.54, 1.807) is 6.07 Å². The second kappa shape index (κ2) is 5.34. The molecular formula is C16H21FO3. The predicted octanol–water partition coefficient (Wildman–Crippen LogP) is 3.36. The molecule has 1 saturated heterocycles. The summed E-state index contributed by atoms with van der Waals surface area (Å²) in [5, 5.41) is 10.3. The van der Waals surface area contributed by atoms with Crippen LogP contribution in [-0.4, -0.2) is 23.4 Å². The second-order valence-corrected chi connectivity index (χ2v) is 5.92. The molecule has 0 aliphatic carbocycles. The summed E-state index contributed by atoms with van der Waals surface area (Å²) in [6, 6.07) is 4.38. The van der Waals surface area contributed by atoms with Gasteiger partial charge in [0.1, 0.15) is 17.2 Å². The summed E-state index contributed by atoms with van der Waals surface area (Å²) < 4.78 is 25.2. The van der Waals surface area contributed by atoms with Gasteiger partial charge in [-0.05, 0) is 24.6 Å². The van der Waals surface area contributed by atoms with Crippen molar-refractivity contribution in [3.63, 3.8) is 0 Å². The van der Waals surface area contributed by atoms with Gasteiger partial charge in [-0.2, -0.15) is 0 Å². The molecule has 3 rings (SSSR count). The number of fused-ring (bicyclic) bond motifs is 1. The summed E-state index contributed by atoms with van der Waals surface area (Å²) in [6.07, 6.45) is 3.73. The quantitative estimate of drug-likeness (QED) is 0.902. The molecule has 2 unspecified atom stereocenters. The van der Waals surface area contributed by atoms with Gasteiger partial charge >= 0.3 is 0 Å². The van der Waals surface area contributed by atoms with Crippen LogP contribution in [0.15, 0.2) is 18.2 Å². The average Bonchev–Trinajstić information content (AvgIpc) is 2.40. The van der Waals surface area contributed by atoms with Crippen molar-refractivity contribution >= 4 is 0 Å². The van der Waals surface area contributed by atoms with Gasteiger partial charge in [0.05, 0.1) is 18.8 Å². The molecule has 3 nitrogen and oxygen atoms in total. The molecule has 20 heavy (non-hydrogen) atoms. The maximum atomic E-state index is 13.3. The van der Waals surface area contributed by atoms with Gasteiger partial charge in [-0.25, -0.2) is 4.39 Å². The van der Waals surface area contributed by atoms with E-state index in [0.29, 0.717) is 24.3 Å². The molecule has 4 heteroatoms. The molecule has 2 aliphatic rings. The largest absolute Gasteiger partial charge is 0.487 e. The fraction of sp³-hybridized carbons (Fsp3) is 0.625. The van der Waals surface area contributed by atoms with Crippen LogP contribution in [0.3, 0.4) is 0 Å². The third-order valence-corrected chi connectivity index (χ3v) is 4.34. The summed E-state index contributed by atoms with van der Waals surface area (Å²) in [5.41, 5.74) is 0.205. The summed E-state index contributed by atoms with van der Waals surface area (Å²) in [7, 11) is 0. The third kappa shape index (κ3) is 2.54. The Morgan fingerprint density at radius 2 is 2.25 bits per heavy atom. The van der Waals surface area contributed by atoms with Crippen molar-refractivity contribution < 1.29 is 19.0 Å². The molecule has 0 amide bonds. The van der Waals surface area contributed by atoms with Gasteiger partial charge in [0.25, 0.3) is 0 Å². The molecular weight excluding hydrogens is 259 g/mol. The number of aliphatic hydroxyl groups excluding tert-OH is 1. The lowest BCUT2D eigenvalue weighted by Crippen LogP contribution is -2.48. The Balaban J connectivity index is 1.84. The van der Waals surface area contributed by atoms with Crippen LogP contribution in [0, 0.1) is 5.82 Å². The fourth-order valence-corrected chi connectivity index (χ4v) is 3.38. The molecule has 1 N–H and O–H groups in total. The summed E-state index contributed by atoms with van der Waals surface area (Å²) >= 11 is 0. The fourth-order valence-electron chi connectivity index (χ4n) is 3.38. The molecule has 110 valence electrons. The number of aliphatic hydroxyl groups is 1. The zero-order valence-electron chi connectivity index (χ0n) is 11.8. The van der Waals surface area contributed by atoms with Gasteiger partial charge < -0.3 is 14.6 Å². The molecule has 1 spiro atoms. The van der Waals surface area contributed by atoms with E-state index in [1.165, 1.54) is 12.1 Å². The lowest BCUT2D eigenvalue weighted by molar-refractivity contribution is -0.118. The van der Waals surface area contributed by atoms with Gasteiger partial charge in [-0.15, -0.1) is 0 Å². The first-order valence-electron chi connectivity index (χ1n) is 7.40. The van der Waals surface area contributed by atoms with Crippen LogP contribution < -0.4 is 4.74 Å². The lowest BCUT2D eigenvalue weighted by atomic mass is 9.80. The minimum atomic E-state index is -0.658. The highest BCUT2D eigenvalue weighted by Crippen LogP contribution is 2.45. The highest BCUT2D eigenvalue weighted by Gasteiger charge is 2.44. The second-order valence-electron chi connectivity index (χ2n) is 5.92. The number of benzene rings is 1. The smallest absolute Gasteiger partial charge is 0.126 e. The third-order valence-electron chi connectivity index (χ3n) is 4.34. The average molecular weight is 280 g/mol. The van der Waals surface area contributed by atoms with Gasteiger partial charge in [-0.1, -0.05) is 13.3 Å². The normalized spacial score (nSPS) is 32.8. The van der Waals surface area contributed by atoms with Crippen LogP contribution in [0.2, 0.25) is 0 Å². The van der Waals surface area contributed by atoms with E-state index in [-0.39, 0.29) is 17.5 Å². The van der Waals surface area contributed by atoms with E-state index >= 15 is 0 Å². The molecule has 1 aromatic rings. The minimum absolute atomic E-state index is 0.197. The van der Waals surface area contributed by atoms with Gasteiger partial charge in [0.15, 0.2) is 0 Å². The zero-order valence-corrected chi connectivity index (χ0v) is 11.8. The molecule has 0 aromatic heterocycles. The first-order chi connectivity index (χ1) is 9.62. The summed E-state index contributed by atoms with van der Waals surface area (Å²) in [6.45, 7) is 2.80. The Kier molecular flexibility index (Phi) is 3.69. The number of ether oxygens (including phenoxy) is 2. The summed E-state index contributed by atoms with van der Waals surface area (Å²) in [5.74, 6) is 0.278. The monoisotopic (exact) mass is 280 g/mol. The standard InChI is InChI=1S/C16H21FO3/c1-2-3-12-9-16(6-7-19-12)10-14(18)13-8-11(17)4-5-15(13)20-16/h4-5,8,12,14,18H,2-3,6-7,9-10H2,1H3/t12?,14-,16?/m1/s1. The van der Waals surface area contributed by atoms with Gasteiger partial charge in [0, 0.05) is 24.8 Å². The Morgan fingerprint density at radius 1 is 1.40 bits per heavy atom. The van der Waals surface area contributed by atoms with Crippen LogP contribution in [0.5, 0.6) is 5.75 Å². The van der Waals surface area contributed by atoms with Crippen molar-refractivity contribution in [2.75, 3.05) is 6.61 Å². The predicted molar refractivity (Wildman–Crippen MR) is 73.2 cm³/mol. The van der Waals surface area contributed by atoms with Crippen LogP contribution >= 0.6 is 0 Å². The molecule has 2 aliphatic heterocycles. The molecule has 0 bridgehead atoms. The molecule has 1 fully saturated rings.